The highest BCUT2D eigenvalue weighted by Crippen LogP contribution is 2.42. The number of nitrogens with zero attached hydrogens (tertiary/aromatic N) is 2. The van der Waals surface area contributed by atoms with E-state index in [-0.39, 0.29) is 5.60 Å². The van der Waals surface area contributed by atoms with Gasteiger partial charge < -0.3 is 15.0 Å². The lowest BCUT2D eigenvalue weighted by Crippen LogP contribution is -2.28. The minimum atomic E-state index is -0.223. The topological polar surface area (TPSA) is 53.8 Å². The standard InChI is InChI=1S/C16H24N3O3/c1-16(2)11-12-9-14(19(20)21-3)13(10-15(12)22-16)18-7-4-5-17-6-8-18/h9-10,17H,4-8,11H2,1-3H3/q+1. The Hall–Kier alpha value is -1.82. The van der Waals surface area contributed by atoms with Crippen molar-refractivity contribution in [1.82, 2.24) is 5.32 Å². The third kappa shape index (κ3) is 2.88. The molecule has 0 radical (unpaired) electrons. The minimum Gasteiger partial charge on any atom is -0.487 e. The van der Waals surface area contributed by atoms with Crippen molar-refractivity contribution in [1.29, 1.82) is 0 Å². The molecule has 22 heavy (non-hydrogen) atoms. The molecule has 1 aromatic carbocycles. The first-order chi connectivity index (χ1) is 10.5. The van der Waals surface area contributed by atoms with Crippen LogP contribution in [-0.4, -0.2) is 43.8 Å². The van der Waals surface area contributed by atoms with Crippen LogP contribution < -0.4 is 15.0 Å². The maximum absolute atomic E-state index is 12.1. The van der Waals surface area contributed by atoms with E-state index in [1.807, 2.05) is 12.1 Å². The summed E-state index contributed by atoms with van der Waals surface area (Å²) in [5.74, 6) is 0.880. The van der Waals surface area contributed by atoms with Crippen molar-refractivity contribution < 1.29 is 14.5 Å². The molecule has 1 N–H and O–H groups in total. The highest BCUT2D eigenvalue weighted by molar-refractivity contribution is 5.68. The van der Waals surface area contributed by atoms with Gasteiger partial charge in [0, 0.05) is 43.8 Å². The van der Waals surface area contributed by atoms with Gasteiger partial charge in [-0.15, -0.1) is 0 Å². The molecule has 0 saturated carbocycles. The molecule has 2 aliphatic heterocycles. The summed E-state index contributed by atoms with van der Waals surface area (Å²) in [6.45, 7) is 7.83. The maximum Gasteiger partial charge on any atom is 0.340 e. The molecule has 0 amide bonds. The third-order valence-electron chi connectivity index (χ3n) is 4.20. The highest BCUT2D eigenvalue weighted by atomic mass is 16.8. The largest absolute Gasteiger partial charge is 0.487 e. The summed E-state index contributed by atoms with van der Waals surface area (Å²) in [5, 5.41) is 3.38. The van der Waals surface area contributed by atoms with Crippen molar-refractivity contribution in [3.05, 3.63) is 22.6 Å². The van der Waals surface area contributed by atoms with Crippen molar-refractivity contribution in [3.8, 4) is 5.75 Å². The Labute approximate surface area is 130 Å². The smallest absolute Gasteiger partial charge is 0.340 e. The number of anilines is 1. The summed E-state index contributed by atoms with van der Waals surface area (Å²) in [7, 11) is 1.40. The summed E-state index contributed by atoms with van der Waals surface area (Å²) in [4.78, 5) is 19.9. The Bertz CT molecular complexity index is 578. The van der Waals surface area contributed by atoms with Gasteiger partial charge in [0.15, 0.2) is 7.11 Å². The van der Waals surface area contributed by atoms with E-state index in [9.17, 15) is 4.91 Å². The molecular weight excluding hydrogens is 282 g/mol. The number of benzene rings is 1. The lowest BCUT2D eigenvalue weighted by atomic mass is 10.0. The molecule has 3 rings (SSSR count). The fourth-order valence-electron chi connectivity index (χ4n) is 3.21. The van der Waals surface area contributed by atoms with Crippen LogP contribution in [0.1, 0.15) is 25.8 Å². The van der Waals surface area contributed by atoms with Crippen LogP contribution in [0.15, 0.2) is 12.1 Å². The van der Waals surface area contributed by atoms with Crippen LogP contribution in [0.25, 0.3) is 0 Å². The molecule has 6 heteroatoms. The van der Waals surface area contributed by atoms with E-state index in [2.05, 4.69) is 24.1 Å². The SMILES string of the molecule is CO[N+](=O)c1cc2c(cc1N1CCCNCC1)OC(C)(C)C2. The summed E-state index contributed by atoms with van der Waals surface area (Å²) >= 11 is 0. The van der Waals surface area contributed by atoms with E-state index in [1.165, 1.54) is 7.11 Å². The van der Waals surface area contributed by atoms with E-state index in [0.717, 1.165) is 56.0 Å². The number of fused-ring (bicyclic) bond motifs is 1. The molecule has 1 fully saturated rings. The lowest BCUT2D eigenvalue weighted by Gasteiger charge is -2.22. The molecule has 0 aromatic heterocycles. The Morgan fingerprint density at radius 2 is 2.14 bits per heavy atom. The van der Waals surface area contributed by atoms with Crippen molar-refractivity contribution in [2.24, 2.45) is 0 Å². The van der Waals surface area contributed by atoms with Gasteiger partial charge in [0.2, 0.25) is 0 Å². The monoisotopic (exact) mass is 306 g/mol. The van der Waals surface area contributed by atoms with Gasteiger partial charge in [0.05, 0.1) is 4.91 Å². The highest BCUT2D eigenvalue weighted by Gasteiger charge is 2.35. The average Bonchev–Trinajstić information content (AvgIpc) is 2.67. The molecule has 120 valence electrons. The van der Waals surface area contributed by atoms with E-state index in [1.54, 1.807) is 0 Å². The summed E-state index contributed by atoms with van der Waals surface area (Å²) in [5.41, 5.74) is 2.29. The maximum atomic E-state index is 12.1. The molecule has 0 bridgehead atoms. The number of ether oxygens (including phenoxy) is 1. The Kier molecular flexibility index (Phi) is 3.95. The number of hydrogen-bond acceptors (Lipinski definition) is 5. The lowest BCUT2D eigenvalue weighted by molar-refractivity contribution is -0.736. The van der Waals surface area contributed by atoms with Crippen LogP contribution in [0.3, 0.4) is 0 Å². The van der Waals surface area contributed by atoms with Gasteiger partial charge in [0.1, 0.15) is 17.0 Å². The van der Waals surface area contributed by atoms with Crippen LogP contribution in [-0.2, 0) is 11.3 Å². The predicted molar refractivity (Wildman–Crippen MR) is 84.8 cm³/mol. The van der Waals surface area contributed by atoms with Crippen LogP contribution in [0.2, 0.25) is 0 Å². The molecule has 6 nitrogen and oxygen atoms in total. The summed E-state index contributed by atoms with van der Waals surface area (Å²) < 4.78 is 6.02. The number of nitrogens with one attached hydrogen (secondary N) is 1. The number of hydrogen-bond donors (Lipinski definition) is 1. The van der Waals surface area contributed by atoms with Crippen LogP contribution in [0.4, 0.5) is 11.4 Å². The van der Waals surface area contributed by atoms with Gasteiger partial charge >= 0.3 is 5.69 Å². The molecule has 1 saturated heterocycles. The average molecular weight is 306 g/mol. The molecule has 0 spiro atoms. The molecule has 0 atom stereocenters. The predicted octanol–water partition coefficient (Wildman–Crippen LogP) is 2.17. The van der Waals surface area contributed by atoms with Gasteiger partial charge in [0.25, 0.3) is 4.92 Å². The number of rotatable bonds is 3. The van der Waals surface area contributed by atoms with E-state index in [4.69, 9.17) is 9.57 Å². The molecule has 2 aliphatic rings. The van der Waals surface area contributed by atoms with Crippen molar-refractivity contribution in [3.63, 3.8) is 0 Å². The zero-order valence-electron chi connectivity index (χ0n) is 13.5. The van der Waals surface area contributed by atoms with Crippen molar-refractivity contribution in [2.45, 2.75) is 32.3 Å². The van der Waals surface area contributed by atoms with Crippen molar-refractivity contribution >= 4 is 11.4 Å². The molecular formula is C16H24N3O3+. The normalized spacial score (nSPS) is 20.0. The van der Waals surface area contributed by atoms with E-state index in [0.29, 0.717) is 10.6 Å². The van der Waals surface area contributed by atoms with E-state index < -0.39 is 0 Å². The minimum absolute atomic E-state index is 0.223. The summed E-state index contributed by atoms with van der Waals surface area (Å²) in [6.07, 6.45) is 1.85. The zero-order chi connectivity index (χ0) is 15.7. The Morgan fingerprint density at radius 3 is 2.91 bits per heavy atom. The first-order valence-electron chi connectivity index (χ1n) is 7.83. The second-order valence-electron chi connectivity index (χ2n) is 6.52. The Balaban J connectivity index is 2.02. The quantitative estimate of drug-likeness (QED) is 0.867. The summed E-state index contributed by atoms with van der Waals surface area (Å²) in [6, 6.07) is 3.91. The first-order valence-corrected chi connectivity index (χ1v) is 7.83. The van der Waals surface area contributed by atoms with Gasteiger partial charge in [-0.25, -0.2) is 4.84 Å². The van der Waals surface area contributed by atoms with E-state index >= 15 is 0 Å². The fourth-order valence-corrected chi connectivity index (χ4v) is 3.21. The van der Waals surface area contributed by atoms with Gasteiger partial charge in [-0.2, -0.15) is 0 Å². The van der Waals surface area contributed by atoms with Crippen molar-refractivity contribution in [2.75, 3.05) is 38.2 Å². The molecule has 2 heterocycles. The van der Waals surface area contributed by atoms with Gasteiger partial charge in [-0.1, -0.05) is 0 Å². The molecule has 0 unspecified atom stereocenters. The van der Waals surface area contributed by atoms with Gasteiger partial charge in [-0.3, -0.25) is 0 Å². The zero-order valence-corrected chi connectivity index (χ0v) is 13.5. The third-order valence-corrected chi connectivity index (χ3v) is 4.20. The fraction of sp³-hybridized carbons (Fsp3) is 0.625. The van der Waals surface area contributed by atoms with Crippen LogP contribution in [0.5, 0.6) is 5.75 Å². The first kappa shape index (κ1) is 15.1. The molecule has 0 aliphatic carbocycles. The Morgan fingerprint density at radius 1 is 1.32 bits per heavy atom. The second kappa shape index (κ2) is 5.76. The van der Waals surface area contributed by atoms with Crippen LogP contribution in [0, 0.1) is 4.91 Å². The van der Waals surface area contributed by atoms with Gasteiger partial charge in [-0.05, 0) is 26.8 Å². The molecule has 1 aromatic rings. The van der Waals surface area contributed by atoms with Crippen LogP contribution >= 0.6 is 0 Å². The second-order valence-corrected chi connectivity index (χ2v) is 6.52.